The van der Waals surface area contributed by atoms with Gasteiger partial charge in [0.2, 0.25) is 0 Å². The van der Waals surface area contributed by atoms with Crippen LogP contribution < -0.4 is 0 Å². The van der Waals surface area contributed by atoms with Crippen LogP contribution in [0.25, 0.3) is 0 Å². The molecule has 0 radical (unpaired) electrons. The van der Waals surface area contributed by atoms with Gasteiger partial charge in [-0.1, -0.05) is 26.2 Å². The molecule has 1 atom stereocenters. The van der Waals surface area contributed by atoms with E-state index < -0.39 is 10.2 Å². The third-order valence-electron chi connectivity index (χ3n) is 4.66. The molecular formula is C14H28N2O3S. The molecule has 1 unspecified atom stereocenters. The maximum atomic E-state index is 12.8. The van der Waals surface area contributed by atoms with E-state index in [4.69, 9.17) is 0 Å². The van der Waals surface area contributed by atoms with E-state index in [1.54, 1.807) is 8.61 Å². The number of nitrogens with zero attached hydrogens (tertiary/aromatic N) is 2. The first-order valence-corrected chi connectivity index (χ1v) is 9.37. The van der Waals surface area contributed by atoms with E-state index in [2.05, 4.69) is 0 Å². The van der Waals surface area contributed by atoms with Crippen LogP contribution in [0.5, 0.6) is 0 Å². The van der Waals surface area contributed by atoms with Crippen molar-refractivity contribution in [3.05, 3.63) is 0 Å². The Morgan fingerprint density at radius 1 is 1.15 bits per heavy atom. The molecule has 1 heterocycles. The van der Waals surface area contributed by atoms with Crippen molar-refractivity contribution in [2.75, 3.05) is 26.2 Å². The summed E-state index contributed by atoms with van der Waals surface area (Å²) in [4.78, 5) is 0. The molecule has 2 aliphatic rings. The number of hydrogen-bond donors (Lipinski definition) is 1. The molecule has 6 heteroatoms. The Morgan fingerprint density at radius 2 is 1.85 bits per heavy atom. The van der Waals surface area contributed by atoms with Crippen LogP contribution >= 0.6 is 0 Å². The highest BCUT2D eigenvalue weighted by Gasteiger charge is 2.36. The van der Waals surface area contributed by atoms with Gasteiger partial charge in [0.15, 0.2) is 0 Å². The summed E-state index contributed by atoms with van der Waals surface area (Å²) in [5.41, 5.74) is 0. The SMILES string of the molecule is CCN(C1CCCCC1)S(=O)(=O)N1CCCC(CO)C1. The third kappa shape index (κ3) is 3.53. The van der Waals surface area contributed by atoms with Crippen molar-refractivity contribution in [1.82, 2.24) is 8.61 Å². The van der Waals surface area contributed by atoms with Gasteiger partial charge >= 0.3 is 0 Å². The standard InChI is InChI=1S/C14H28N2O3S/c1-2-16(14-8-4-3-5-9-14)20(18,19)15-10-6-7-13(11-15)12-17/h13-14,17H,2-12H2,1H3. The largest absolute Gasteiger partial charge is 0.396 e. The Balaban J connectivity index is 2.09. The van der Waals surface area contributed by atoms with Crippen LogP contribution in [0.3, 0.4) is 0 Å². The number of hydrogen-bond acceptors (Lipinski definition) is 3. The zero-order valence-electron chi connectivity index (χ0n) is 12.5. The number of rotatable bonds is 5. The molecule has 1 saturated heterocycles. The van der Waals surface area contributed by atoms with Gasteiger partial charge in [-0.25, -0.2) is 0 Å². The summed E-state index contributed by atoms with van der Waals surface area (Å²) in [6, 6.07) is 0.174. The lowest BCUT2D eigenvalue weighted by atomic mass is 9.95. The molecule has 2 rings (SSSR count). The van der Waals surface area contributed by atoms with Crippen molar-refractivity contribution in [1.29, 1.82) is 0 Å². The van der Waals surface area contributed by atoms with Crippen LogP contribution in [-0.4, -0.2) is 54.4 Å². The normalized spacial score (nSPS) is 27.1. The van der Waals surface area contributed by atoms with Gasteiger partial charge < -0.3 is 5.11 Å². The lowest BCUT2D eigenvalue weighted by molar-refractivity contribution is 0.156. The second-order valence-corrected chi connectivity index (χ2v) is 7.93. The Morgan fingerprint density at radius 3 is 2.45 bits per heavy atom. The van der Waals surface area contributed by atoms with Crippen LogP contribution in [0, 0.1) is 5.92 Å². The van der Waals surface area contributed by atoms with Crippen molar-refractivity contribution in [2.45, 2.75) is 57.9 Å². The highest BCUT2D eigenvalue weighted by Crippen LogP contribution is 2.28. The van der Waals surface area contributed by atoms with Crippen LogP contribution in [0.1, 0.15) is 51.9 Å². The Kier molecular flexibility index (Phi) is 5.84. The maximum absolute atomic E-state index is 12.8. The van der Waals surface area contributed by atoms with E-state index in [0.29, 0.717) is 19.6 Å². The number of aliphatic hydroxyl groups is 1. The molecule has 0 aromatic rings. The van der Waals surface area contributed by atoms with Gasteiger partial charge in [-0.3, -0.25) is 0 Å². The lowest BCUT2D eigenvalue weighted by Crippen LogP contribution is -2.52. The molecule has 20 heavy (non-hydrogen) atoms. The minimum absolute atomic E-state index is 0.0849. The van der Waals surface area contributed by atoms with Crippen LogP contribution in [0.4, 0.5) is 0 Å². The predicted molar refractivity (Wildman–Crippen MR) is 79.6 cm³/mol. The summed E-state index contributed by atoms with van der Waals surface area (Å²) in [5.74, 6) is 0.101. The quantitative estimate of drug-likeness (QED) is 0.839. The Hall–Kier alpha value is -0.170. The third-order valence-corrected chi connectivity index (χ3v) is 6.79. The topological polar surface area (TPSA) is 60.9 Å². The monoisotopic (exact) mass is 304 g/mol. The molecule has 2 fully saturated rings. The van der Waals surface area contributed by atoms with Gasteiger partial charge in [0.05, 0.1) is 0 Å². The van der Waals surface area contributed by atoms with Crippen LogP contribution in [0.2, 0.25) is 0 Å². The molecule has 118 valence electrons. The Labute approximate surface area is 123 Å². The summed E-state index contributed by atoms with van der Waals surface area (Å²) in [6.07, 6.45) is 7.26. The highest BCUT2D eigenvalue weighted by molar-refractivity contribution is 7.86. The van der Waals surface area contributed by atoms with Crippen LogP contribution in [0.15, 0.2) is 0 Å². The van der Waals surface area contributed by atoms with Gasteiger partial charge in [-0.15, -0.1) is 0 Å². The fourth-order valence-electron chi connectivity index (χ4n) is 3.51. The first kappa shape index (κ1) is 16.2. The van der Waals surface area contributed by atoms with Gasteiger partial charge in [0.25, 0.3) is 10.2 Å². The van der Waals surface area contributed by atoms with Crippen molar-refractivity contribution in [2.24, 2.45) is 5.92 Å². The highest BCUT2D eigenvalue weighted by atomic mass is 32.2. The fourth-order valence-corrected chi connectivity index (χ4v) is 5.48. The molecule has 0 aromatic carbocycles. The van der Waals surface area contributed by atoms with Crippen molar-refractivity contribution < 1.29 is 13.5 Å². The van der Waals surface area contributed by atoms with E-state index in [0.717, 1.165) is 38.5 Å². The average Bonchev–Trinajstić information content (AvgIpc) is 2.49. The molecule has 0 amide bonds. The molecule has 1 aliphatic heterocycles. The zero-order valence-corrected chi connectivity index (χ0v) is 13.3. The first-order chi connectivity index (χ1) is 9.59. The van der Waals surface area contributed by atoms with Crippen molar-refractivity contribution in [3.63, 3.8) is 0 Å². The predicted octanol–water partition coefficient (Wildman–Crippen LogP) is 1.59. The van der Waals surface area contributed by atoms with Crippen molar-refractivity contribution in [3.8, 4) is 0 Å². The molecule has 0 aromatic heterocycles. The fraction of sp³-hybridized carbons (Fsp3) is 1.00. The lowest BCUT2D eigenvalue weighted by Gasteiger charge is -2.39. The minimum atomic E-state index is -3.36. The molecule has 1 aliphatic carbocycles. The second-order valence-electron chi connectivity index (χ2n) is 6.05. The van der Waals surface area contributed by atoms with Crippen molar-refractivity contribution >= 4 is 10.2 Å². The molecule has 0 bridgehead atoms. The van der Waals surface area contributed by atoms with Gasteiger partial charge in [-0.2, -0.15) is 17.0 Å². The summed E-state index contributed by atoms with van der Waals surface area (Å²) in [7, 11) is -3.36. The molecule has 0 spiro atoms. The van der Waals surface area contributed by atoms with E-state index in [1.165, 1.54) is 6.42 Å². The Bertz CT molecular complexity index is 393. The zero-order chi connectivity index (χ0) is 14.6. The van der Waals surface area contributed by atoms with E-state index in [9.17, 15) is 13.5 Å². The van der Waals surface area contributed by atoms with Crippen LogP contribution in [-0.2, 0) is 10.2 Å². The maximum Gasteiger partial charge on any atom is 0.282 e. The first-order valence-electron chi connectivity index (χ1n) is 7.97. The van der Waals surface area contributed by atoms with E-state index in [1.807, 2.05) is 6.92 Å². The van der Waals surface area contributed by atoms with E-state index in [-0.39, 0.29) is 18.6 Å². The average molecular weight is 304 g/mol. The van der Waals surface area contributed by atoms with E-state index >= 15 is 0 Å². The summed E-state index contributed by atoms with van der Waals surface area (Å²) in [6.45, 7) is 3.64. The van der Waals surface area contributed by atoms with Gasteiger partial charge in [0.1, 0.15) is 0 Å². The summed E-state index contributed by atoms with van der Waals surface area (Å²) in [5, 5.41) is 9.28. The smallest absolute Gasteiger partial charge is 0.282 e. The molecule has 5 nitrogen and oxygen atoms in total. The van der Waals surface area contributed by atoms with Gasteiger partial charge in [-0.05, 0) is 31.6 Å². The van der Waals surface area contributed by atoms with Gasteiger partial charge in [0, 0.05) is 32.3 Å². The summed E-state index contributed by atoms with van der Waals surface area (Å²) < 4.78 is 29.0. The molecule has 1 saturated carbocycles. The minimum Gasteiger partial charge on any atom is -0.396 e. The second kappa shape index (κ2) is 7.20. The molecule has 1 N–H and O–H groups in total. The number of piperidine rings is 1. The summed E-state index contributed by atoms with van der Waals surface area (Å²) >= 11 is 0. The molecular weight excluding hydrogens is 276 g/mol. The number of aliphatic hydroxyl groups excluding tert-OH is 1.